The van der Waals surface area contributed by atoms with Gasteiger partial charge in [0.25, 0.3) is 0 Å². The Kier molecular flexibility index (Phi) is 2.89. The minimum Gasteiger partial charge on any atom is -0.497 e. The third-order valence-electron chi connectivity index (χ3n) is 4.23. The number of methoxy groups -OCH3 is 1. The van der Waals surface area contributed by atoms with E-state index in [-0.39, 0.29) is 5.41 Å². The third kappa shape index (κ3) is 1.75. The lowest BCUT2D eigenvalue weighted by Gasteiger charge is -2.17. The van der Waals surface area contributed by atoms with Crippen LogP contribution < -0.4 is 4.74 Å². The maximum Gasteiger partial charge on any atom is 0.209 e. The highest BCUT2D eigenvalue weighted by Crippen LogP contribution is 2.40. The summed E-state index contributed by atoms with van der Waals surface area (Å²) in [4.78, 5) is 0. The first-order valence-corrected chi connectivity index (χ1v) is 6.91. The van der Waals surface area contributed by atoms with E-state index < -0.39 is 0 Å². The van der Waals surface area contributed by atoms with E-state index in [0.29, 0.717) is 0 Å². The van der Waals surface area contributed by atoms with Gasteiger partial charge in [0.05, 0.1) is 12.5 Å². The third-order valence-corrected chi connectivity index (χ3v) is 4.23. The summed E-state index contributed by atoms with van der Waals surface area (Å²) in [5.41, 5.74) is 5.27. The zero-order valence-corrected chi connectivity index (χ0v) is 12.5. The predicted molar refractivity (Wildman–Crippen MR) is 82.4 cm³/mol. The van der Waals surface area contributed by atoms with Crippen molar-refractivity contribution < 1.29 is 9.31 Å². The van der Waals surface area contributed by atoms with Crippen LogP contribution in [0.15, 0.2) is 48.5 Å². The van der Waals surface area contributed by atoms with Gasteiger partial charge >= 0.3 is 0 Å². The van der Waals surface area contributed by atoms with Crippen molar-refractivity contribution in [1.29, 1.82) is 0 Å². The lowest BCUT2D eigenvalue weighted by Crippen LogP contribution is -2.29. The smallest absolute Gasteiger partial charge is 0.209 e. The van der Waals surface area contributed by atoms with E-state index in [2.05, 4.69) is 61.9 Å². The van der Waals surface area contributed by atoms with Gasteiger partial charge in [0.2, 0.25) is 5.69 Å². The molecule has 0 atom stereocenters. The number of fused-ring (bicyclic) bond motifs is 1. The van der Waals surface area contributed by atoms with Gasteiger partial charge in [-0.1, -0.05) is 18.2 Å². The molecule has 102 valence electrons. The molecule has 1 aliphatic heterocycles. The monoisotopic (exact) mass is 266 g/mol. The highest BCUT2D eigenvalue weighted by atomic mass is 16.5. The predicted octanol–water partition coefficient (Wildman–Crippen LogP) is 3.75. The summed E-state index contributed by atoms with van der Waals surface area (Å²) in [7, 11) is 3.84. The Hall–Kier alpha value is -2.09. The van der Waals surface area contributed by atoms with Crippen LogP contribution in [-0.2, 0) is 5.41 Å². The van der Waals surface area contributed by atoms with Gasteiger partial charge in [-0.15, -0.1) is 0 Å². The minimum absolute atomic E-state index is 0.0138. The number of ether oxygens (including phenoxy) is 1. The molecule has 1 heterocycles. The van der Waals surface area contributed by atoms with E-state index in [4.69, 9.17) is 4.74 Å². The summed E-state index contributed by atoms with van der Waals surface area (Å²) in [6.07, 6.45) is 0. The van der Waals surface area contributed by atoms with Crippen molar-refractivity contribution in [3.8, 4) is 5.75 Å². The number of para-hydroxylation sites is 1. The zero-order chi connectivity index (χ0) is 14.3. The lowest BCUT2D eigenvalue weighted by molar-refractivity contribution is -0.401. The molecule has 0 saturated carbocycles. The number of nitrogens with zero attached hydrogens (tertiary/aromatic N) is 1. The maximum atomic E-state index is 5.25. The van der Waals surface area contributed by atoms with E-state index in [1.165, 1.54) is 22.5 Å². The summed E-state index contributed by atoms with van der Waals surface area (Å²) in [6.45, 7) is 4.57. The average molecular weight is 266 g/mol. The van der Waals surface area contributed by atoms with Gasteiger partial charge in [0, 0.05) is 17.2 Å². The molecule has 0 radical (unpaired) electrons. The molecule has 20 heavy (non-hydrogen) atoms. The van der Waals surface area contributed by atoms with Gasteiger partial charge in [-0.2, -0.15) is 4.58 Å². The normalized spacial score (nSPS) is 16.2. The van der Waals surface area contributed by atoms with Crippen LogP contribution in [0.5, 0.6) is 5.75 Å². The van der Waals surface area contributed by atoms with Crippen LogP contribution in [0.2, 0.25) is 0 Å². The standard InChI is InChI=1S/C18H20NO/c1-18(2)15-7-5-6-8-16(15)19(3)17(18)13-9-11-14(20-4)12-10-13/h5-12H,1-4H3/q+1. The number of rotatable bonds is 2. The summed E-state index contributed by atoms with van der Waals surface area (Å²) in [6, 6.07) is 16.9. The number of hydrogen-bond acceptors (Lipinski definition) is 1. The second-order valence-corrected chi connectivity index (χ2v) is 5.78. The molecular formula is C18H20NO+. The first kappa shape index (κ1) is 12.9. The van der Waals surface area contributed by atoms with Crippen molar-refractivity contribution in [3.05, 3.63) is 59.7 Å². The molecule has 2 nitrogen and oxygen atoms in total. The fourth-order valence-electron chi connectivity index (χ4n) is 3.27. The van der Waals surface area contributed by atoms with Crippen LogP contribution in [-0.4, -0.2) is 24.4 Å². The Morgan fingerprint density at radius 2 is 1.60 bits per heavy atom. The Labute approximate surface area is 120 Å². The SMILES string of the molecule is COc1ccc(C2=[N+](C)c3ccccc3C2(C)C)cc1. The molecule has 0 fully saturated rings. The van der Waals surface area contributed by atoms with Crippen LogP contribution in [0, 0.1) is 0 Å². The quantitative estimate of drug-likeness (QED) is 0.754. The van der Waals surface area contributed by atoms with Crippen LogP contribution in [0.1, 0.15) is 25.0 Å². The van der Waals surface area contributed by atoms with E-state index in [0.717, 1.165) is 5.75 Å². The number of hydrogen-bond donors (Lipinski definition) is 0. The fraction of sp³-hybridized carbons (Fsp3) is 0.278. The molecule has 0 aliphatic carbocycles. The van der Waals surface area contributed by atoms with Crippen molar-refractivity contribution in [2.24, 2.45) is 0 Å². The number of benzene rings is 2. The van der Waals surface area contributed by atoms with Gasteiger partial charge in [-0.3, -0.25) is 0 Å². The Balaban J connectivity index is 2.16. The molecule has 0 unspecified atom stereocenters. The Morgan fingerprint density at radius 3 is 2.20 bits per heavy atom. The van der Waals surface area contributed by atoms with Gasteiger partial charge in [0.1, 0.15) is 12.8 Å². The van der Waals surface area contributed by atoms with Crippen molar-refractivity contribution >= 4 is 11.4 Å². The van der Waals surface area contributed by atoms with Crippen LogP contribution in [0.3, 0.4) is 0 Å². The molecule has 0 bridgehead atoms. The van der Waals surface area contributed by atoms with E-state index in [9.17, 15) is 0 Å². The largest absolute Gasteiger partial charge is 0.497 e. The molecule has 2 aromatic rings. The highest BCUT2D eigenvalue weighted by molar-refractivity contribution is 6.07. The molecule has 0 saturated heterocycles. The summed E-state index contributed by atoms with van der Waals surface area (Å²) >= 11 is 0. The Bertz CT molecular complexity index is 681. The summed E-state index contributed by atoms with van der Waals surface area (Å²) in [5.74, 6) is 0.894. The molecule has 3 rings (SSSR count). The summed E-state index contributed by atoms with van der Waals surface area (Å²) < 4.78 is 7.55. The second kappa shape index (κ2) is 4.48. The maximum absolute atomic E-state index is 5.25. The highest BCUT2D eigenvalue weighted by Gasteiger charge is 2.44. The fourth-order valence-corrected chi connectivity index (χ4v) is 3.27. The van der Waals surface area contributed by atoms with Gasteiger partial charge in [0.15, 0.2) is 5.71 Å². The van der Waals surface area contributed by atoms with Crippen molar-refractivity contribution in [3.63, 3.8) is 0 Å². The molecule has 1 aliphatic rings. The van der Waals surface area contributed by atoms with Crippen molar-refractivity contribution in [1.82, 2.24) is 0 Å². The second-order valence-electron chi connectivity index (χ2n) is 5.78. The average Bonchev–Trinajstić information content (AvgIpc) is 2.67. The van der Waals surface area contributed by atoms with Crippen molar-refractivity contribution in [2.75, 3.05) is 14.2 Å². The molecule has 0 spiro atoms. The molecule has 2 heteroatoms. The van der Waals surface area contributed by atoms with Crippen LogP contribution in [0.25, 0.3) is 0 Å². The molecule has 0 amide bonds. The van der Waals surface area contributed by atoms with Gasteiger partial charge < -0.3 is 4.74 Å². The first-order chi connectivity index (χ1) is 9.55. The molecule has 2 aromatic carbocycles. The zero-order valence-electron chi connectivity index (χ0n) is 12.5. The molecule has 0 aromatic heterocycles. The summed E-state index contributed by atoms with van der Waals surface area (Å²) in [5, 5.41) is 0. The van der Waals surface area contributed by atoms with Gasteiger partial charge in [-0.25, -0.2) is 0 Å². The topological polar surface area (TPSA) is 12.2 Å². The Morgan fingerprint density at radius 1 is 0.950 bits per heavy atom. The van der Waals surface area contributed by atoms with Crippen LogP contribution in [0.4, 0.5) is 5.69 Å². The van der Waals surface area contributed by atoms with E-state index in [1.807, 2.05) is 12.1 Å². The van der Waals surface area contributed by atoms with E-state index >= 15 is 0 Å². The minimum atomic E-state index is 0.0138. The first-order valence-electron chi connectivity index (χ1n) is 6.91. The van der Waals surface area contributed by atoms with Crippen LogP contribution >= 0.6 is 0 Å². The molecule has 0 N–H and O–H groups in total. The van der Waals surface area contributed by atoms with Gasteiger partial charge in [-0.05, 0) is 38.1 Å². The lowest BCUT2D eigenvalue weighted by atomic mass is 9.79. The van der Waals surface area contributed by atoms with E-state index in [1.54, 1.807) is 7.11 Å². The molecular weight excluding hydrogens is 246 g/mol. The van der Waals surface area contributed by atoms with Crippen molar-refractivity contribution in [2.45, 2.75) is 19.3 Å².